The molecule has 0 aliphatic carbocycles. The van der Waals surface area contributed by atoms with E-state index in [-0.39, 0.29) is 6.04 Å². The topological polar surface area (TPSA) is 35.2 Å². The summed E-state index contributed by atoms with van der Waals surface area (Å²) in [7, 11) is 1.67. The molecule has 0 aliphatic rings. The third-order valence-corrected chi connectivity index (χ3v) is 4.16. The lowest BCUT2D eigenvalue weighted by Gasteiger charge is -2.15. The summed E-state index contributed by atoms with van der Waals surface area (Å²) in [5.74, 6) is 0.852. The van der Waals surface area contributed by atoms with Crippen LogP contribution in [0.2, 0.25) is 5.02 Å². The molecule has 1 unspecified atom stereocenters. The number of benzene rings is 2. The minimum Gasteiger partial charge on any atom is -0.497 e. The van der Waals surface area contributed by atoms with Gasteiger partial charge in [0.2, 0.25) is 0 Å². The van der Waals surface area contributed by atoms with E-state index in [4.69, 9.17) is 22.1 Å². The third-order valence-electron chi connectivity index (χ3n) is 2.95. The third kappa shape index (κ3) is 3.84. The average molecular weight is 388 g/mol. The number of nitrogens with two attached hydrogens (primary N) is 1. The second-order valence-electron chi connectivity index (χ2n) is 4.33. The van der Waals surface area contributed by atoms with Gasteiger partial charge in [-0.15, -0.1) is 0 Å². The SMILES string of the molecule is COc1cccc(CC(N)c2cc(Cl)ccc2I)c1. The Morgan fingerprint density at radius 3 is 2.79 bits per heavy atom. The lowest BCUT2D eigenvalue weighted by molar-refractivity contribution is 0.414. The van der Waals surface area contributed by atoms with Crippen molar-refractivity contribution in [2.45, 2.75) is 12.5 Å². The van der Waals surface area contributed by atoms with Gasteiger partial charge in [-0.1, -0.05) is 23.7 Å². The standard InChI is InChI=1S/C15H15ClINO/c1-19-12-4-2-3-10(7-12)8-15(18)13-9-11(16)5-6-14(13)17/h2-7,9,15H,8,18H2,1H3. The van der Waals surface area contributed by atoms with Crippen molar-refractivity contribution in [3.8, 4) is 5.75 Å². The van der Waals surface area contributed by atoms with Crippen LogP contribution in [0.25, 0.3) is 0 Å². The van der Waals surface area contributed by atoms with Gasteiger partial charge in [-0.05, 0) is 70.5 Å². The lowest BCUT2D eigenvalue weighted by atomic mass is 9.99. The number of hydrogen-bond acceptors (Lipinski definition) is 2. The summed E-state index contributed by atoms with van der Waals surface area (Å²) >= 11 is 8.32. The molecule has 0 aromatic heterocycles. The first-order valence-corrected chi connectivity index (χ1v) is 7.39. The quantitative estimate of drug-likeness (QED) is 0.798. The fourth-order valence-corrected chi connectivity index (χ4v) is 2.88. The average Bonchev–Trinajstić information content (AvgIpc) is 2.41. The summed E-state index contributed by atoms with van der Waals surface area (Å²) in [5, 5.41) is 0.719. The van der Waals surface area contributed by atoms with E-state index >= 15 is 0 Å². The van der Waals surface area contributed by atoms with E-state index in [2.05, 4.69) is 28.7 Å². The number of methoxy groups -OCH3 is 1. The second kappa shape index (κ2) is 6.59. The molecule has 0 aliphatic heterocycles. The molecule has 19 heavy (non-hydrogen) atoms. The number of hydrogen-bond donors (Lipinski definition) is 1. The van der Waals surface area contributed by atoms with E-state index in [1.807, 2.05) is 36.4 Å². The van der Waals surface area contributed by atoms with E-state index < -0.39 is 0 Å². The van der Waals surface area contributed by atoms with Gasteiger partial charge in [-0.2, -0.15) is 0 Å². The molecular weight excluding hydrogens is 373 g/mol. The Labute approximate surface area is 132 Å². The predicted octanol–water partition coefficient (Wildman–Crippen LogP) is 4.20. The van der Waals surface area contributed by atoms with Crippen LogP contribution in [0.3, 0.4) is 0 Å². The maximum absolute atomic E-state index is 6.28. The Balaban J connectivity index is 2.20. The molecule has 0 radical (unpaired) electrons. The van der Waals surface area contributed by atoms with Crippen LogP contribution in [-0.4, -0.2) is 7.11 Å². The normalized spacial score (nSPS) is 12.2. The highest BCUT2D eigenvalue weighted by molar-refractivity contribution is 14.1. The molecule has 0 fully saturated rings. The zero-order chi connectivity index (χ0) is 13.8. The van der Waals surface area contributed by atoms with Crippen molar-refractivity contribution in [3.63, 3.8) is 0 Å². The first-order valence-electron chi connectivity index (χ1n) is 5.93. The number of ether oxygens (including phenoxy) is 1. The number of rotatable bonds is 4. The predicted molar refractivity (Wildman–Crippen MR) is 87.8 cm³/mol. The molecule has 2 aromatic carbocycles. The molecule has 100 valence electrons. The fourth-order valence-electron chi connectivity index (χ4n) is 1.96. The molecule has 2 rings (SSSR count). The van der Waals surface area contributed by atoms with Crippen LogP contribution >= 0.6 is 34.2 Å². The number of halogens is 2. The van der Waals surface area contributed by atoms with Gasteiger partial charge in [0.1, 0.15) is 5.75 Å². The largest absolute Gasteiger partial charge is 0.497 e. The molecule has 2 nitrogen and oxygen atoms in total. The lowest BCUT2D eigenvalue weighted by Crippen LogP contribution is -2.14. The van der Waals surface area contributed by atoms with Gasteiger partial charge >= 0.3 is 0 Å². The van der Waals surface area contributed by atoms with Crippen LogP contribution in [0.1, 0.15) is 17.2 Å². The van der Waals surface area contributed by atoms with Gasteiger partial charge in [0.15, 0.2) is 0 Å². The summed E-state index contributed by atoms with van der Waals surface area (Å²) in [5.41, 5.74) is 8.52. The molecule has 4 heteroatoms. The molecule has 0 saturated carbocycles. The Kier molecular flexibility index (Phi) is 5.07. The van der Waals surface area contributed by atoms with Gasteiger partial charge in [-0.25, -0.2) is 0 Å². The smallest absolute Gasteiger partial charge is 0.119 e. The Hall–Kier alpha value is -0.780. The van der Waals surface area contributed by atoms with Gasteiger partial charge in [-0.3, -0.25) is 0 Å². The Bertz CT molecular complexity index is 574. The van der Waals surface area contributed by atoms with E-state index in [0.717, 1.165) is 31.9 Å². The van der Waals surface area contributed by atoms with Crippen molar-refractivity contribution < 1.29 is 4.74 Å². The van der Waals surface area contributed by atoms with Crippen LogP contribution < -0.4 is 10.5 Å². The highest BCUT2D eigenvalue weighted by atomic mass is 127. The minimum absolute atomic E-state index is 0.0716. The van der Waals surface area contributed by atoms with Gasteiger partial charge in [0, 0.05) is 14.6 Å². The minimum atomic E-state index is -0.0716. The molecule has 0 saturated heterocycles. The zero-order valence-corrected chi connectivity index (χ0v) is 13.5. The Morgan fingerprint density at radius 1 is 1.26 bits per heavy atom. The molecule has 0 heterocycles. The first-order chi connectivity index (χ1) is 9.10. The van der Waals surface area contributed by atoms with Crippen molar-refractivity contribution in [1.82, 2.24) is 0 Å². The van der Waals surface area contributed by atoms with Crippen molar-refractivity contribution >= 4 is 34.2 Å². The van der Waals surface area contributed by atoms with E-state index in [1.54, 1.807) is 7.11 Å². The second-order valence-corrected chi connectivity index (χ2v) is 5.93. The van der Waals surface area contributed by atoms with Crippen molar-refractivity contribution in [3.05, 3.63) is 62.2 Å². The van der Waals surface area contributed by atoms with Crippen LogP contribution in [-0.2, 0) is 6.42 Å². The molecule has 2 aromatic rings. The van der Waals surface area contributed by atoms with Crippen LogP contribution in [0.4, 0.5) is 0 Å². The van der Waals surface area contributed by atoms with Gasteiger partial charge < -0.3 is 10.5 Å². The fraction of sp³-hybridized carbons (Fsp3) is 0.200. The van der Waals surface area contributed by atoms with Crippen molar-refractivity contribution in [1.29, 1.82) is 0 Å². The van der Waals surface area contributed by atoms with Crippen molar-refractivity contribution in [2.75, 3.05) is 7.11 Å². The maximum Gasteiger partial charge on any atom is 0.119 e. The monoisotopic (exact) mass is 387 g/mol. The van der Waals surface area contributed by atoms with E-state index in [0.29, 0.717) is 0 Å². The van der Waals surface area contributed by atoms with Crippen molar-refractivity contribution in [2.24, 2.45) is 5.73 Å². The highest BCUT2D eigenvalue weighted by Gasteiger charge is 2.11. The van der Waals surface area contributed by atoms with Gasteiger partial charge in [0.25, 0.3) is 0 Å². The van der Waals surface area contributed by atoms with E-state index in [9.17, 15) is 0 Å². The molecular formula is C15H15ClINO. The summed E-state index contributed by atoms with van der Waals surface area (Å²) in [4.78, 5) is 0. The van der Waals surface area contributed by atoms with Crippen LogP contribution in [0, 0.1) is 3.57 Å². The molecule has 0 spiro atoms. The Morgan fingerprint density at radius 2 is 2.05 bits per heavy atom. The van der Waals surface area contributed by atoms with Crippen LogP contribution in [0.15, 0.2) is 42.5 Å². The molecule has 0 bridgehead atoms. The zero-order valence-electron chi connectivity index (χ0n) is 10.6. The van der Waals surface area contributed by atoms with Gasteiger partial charge in [0.05, 0.1) is 7.11 Å². The summed E-state index contributed by atoms with van der Waals surface area (Å²) in [6.45, 7) is 0. The molecule has 1 atom stereocenters. The molecule has 0 amide bonds. The molecule has 2 N–H and O–H groups in total. The summed E-state index contributed by atoms with van der Waals surface area (Å²) in [6, 6.07) is 13.7. The summed E-state index contributed by atoms with van der Waals surface area (Å²) in [6.07, 6.45) is 0.757. The van der Waals surface area contributed by atoms with E-state index in [1.165, 1.54) is 0 Å². The van der Waals surface area contributed by atoms with Crippen LogP contribution in [0.5, 0.6) is 5.75 Å². The maximum atomic E-state index is 6.28. The highest BCUT2D eigenvalue weighted by Crippen LogP contribution is 2.25. The summed E-state index contributed by atoms with van der Waals surface area (Å²) < 4.78 is 6.36. The first kappa shape index (κ1) is 14.6.